The van der Waals surface area contributed by atoms with Gasteiger partial charge in [-0.1, -0.05) is 26.0 Å². The number of aryl methyl sites for hydroxylation is 3. The molecular formula is C21H26N4O4S3. The van der Waals surface area contributed by atoms with Crippen LogP contribution in [0.25, 0.3) is 0 Å². The van der Waals surface area contributed by atoms with Gasteiger partial charge in [0.15, 0.2) is 0 Å². The molecule has 1 aromatic carbocycles. The van der Waals surface area contributed by atoms with Gasteiger partial charge in [-0.05, 0) is 37.0 Å². The second-order valence-electron chi connectivity index (χ2n) is 7.22. The molecule has 2 heterocycles. The number of anilines is 1. The minimum atomic E-state index is -4.32. The Kier molecular flexibility index (Phi) is 8.35. The predicted octanol–water partition coefficient (Wildman–Crippen LogP) is 3.97. The molecule has 0 bridgehead atoms. The summed E-state index contributed by atoms with van der Waals surface area (Å²) in [4.78, 5) is 21.9. The van der Waals surface area contributed by atoms with E-state index in [2.05, 4.69) is 22.2 Å². The molecule has 0 saturated heterocycles. The van der Waals surface area contributed by atoms with Crippen LogP contribution in [0.15, 0.2) is 35.0 Å². The summed E-state index contributed by atoms with van der Waals surface area (Å²) in [5, 5.41) is 8.91. The Balaban J connectivity index is 1.68. The Labute approximate surface area is 196 Å². The molecule has 0 saturated carbocycles. The third kappa shape index (κ3) is 7.37. The fourth-order valence-electron chi connectivity index (χ4n) is 3.05. The zero-order valence-electron chi connectivity index (χ0n) is 17.9. The van der Waals surface area contributed by atoms with E-state index in [0.29, 0.717) is 19.3 Å². The molecule has 0 aliphatic carbocycles. The number of nitrogens with one attached hydrogen (secondary N) is 2. The molecule has 3 rings (SSSR count). The number of rotatable bonds is 11. The lowest BCUT2D eigenvalue weighted by Gasteiger charge is -2.17. The highest BCUT2D eigenvalue weighted by atomic mass is 32.2. The monoisotopic (exact) mass is 494 g/mol. The maximum atomic E-state index is 12.7. The average molecular weight is 495 g/mol. The first-order valence-corrected chi connectivity index (χ1v) is 13.5. The van der Waals surface area contributed by atoms with Gasteiger partial charge < -0.3 is 5.32 Å². The maximum absolute atomic E-state index is 12.7. The molecular weight excluding hydrogens is 468 g/mol. The van der Waals surface area contributed by atoms with Crippen LogP contribution in [-0.4, -0.2) is 28.8 Å². The van der Waals surface area contributed by atoms with Crippen molar-refractivity contribution in [2.45, 2.75) is 52.0 Å². The summed E-state index contributed by atoms with van der Waals surface area (Å²) in [6.45, 7) is 4.09. The third-order valence-corrected chi connectivity index (χ3v) is 7.19. The normalized spacial score (nSPS) is 12.5. The molecule has 8 nitrogen and oxygen atoms in total. The van der Waals surface area contributed by atoms with Crippen LogP contribution in [0.4, 0.5) is 5.69 Å². The second kappa shape index (κ2) is 11.0. The highest BCUT2D eigenvalue weighted by Gasteiger charge is 2.19. The van der Waals surface area contributed by atoms with Gasteiger partial charge in [0.2, 0.25) is 5.91 Å². The molecule has 0 fully saturated rings. The average Bonchev–Trinajstić information content (AvgIpc) is 3.41. The molecule has 2 aromatic heterocycles. The molecule has 0 spiro atoms. The molecule has 1 amide bonds. The standard InChI is InChI=1S/C21H26N4O4S3/c1-3-15-12-30-20(22-15)10-9-19(26)24-18(21-23-16(4-2)13-31-21)11-14-5-7-17(8-6-14)25-32(27,28)29/h5-8,12-13,18,25H,3-4,9-11H2,1-2H3,(H,24,26)(H,27,28,29)/t18-/m0/s1. The number of thiazole rings is 2. The summed E-state index contributed by atoms with van der Waals surface area (Å²) in [6, 6.07) is 6.34. The van der Waals surface area contributed by atoms with E-state index in [-0.39, 0.29) is 17.6 Å². The van der Waals surface area contributed by atoms with Crippen molar-refractivity contribution in [3.63, 3.8) is 0 Å². The van der Waals surface area contributed by atoms with Gasteiger partial charge in [-0.15, -0.1) is 22.7 Å². The van der Waals surface area contributed by atoms with E-state index >= 15 is 0 Å². The van der Waals surface area contributed by atoms with Crippen molar-refractivity contribution in [1.82, 2.24) is 15.3 Å². The van der Waals surface area contributed by atoms with Gasteiger partial charge in [0.25, 0.3) is 0 Å². The van der Waals surface area contributed by atoms with Crippen molar-refractivity contribution in [3.8, 4) is 0 Å². The first kappa shape index (κ1) is 24.3. The largest absolute Gasteiger partial charge is 0.357 e. The third-order valence-electron chi connectivity index (χ3n) is 4.73. The first-order valence-electron chi connectivity index (χ1n) is 10.3. The van der Waals surface area contributed by atoms with Crippen molar-refractivity contribution >= 4 is 44.6 Å². The topological polar surface area (TPSA) is 121 Å². The van der Waals surface area contributed by atoms with E-state index in [1.807, 2.05) is 22.4 Å². The van der Waals surface area contributed by atoms with Crippen LogP contribution in [0.1, 0.15) is 53.3 Å². The summed E-state index contributed by atoms with van der Waals surface area (Å²) in [6.07, 6.45) is 3.14. The number of benzene rings is 1. The molecule has 11 heteroatoms. The fourth-order valence-corrected chi connectivity index (χ4v) is 5.32. The van der Waals surface area contributed by atoms with E-state index in [1.165, 1.54) is 11.3 Å². The number of aromatic nitrogens is 2. The van der Waals surface area contributed by atoms with Crippen molar-refractivity contribution < 1.29 is 17.8 Å². The van der Waals surface area contributed by atoms with Gasteiger partial charge in [-0.2, -0.15) is 8.42 Å². The number of carbonyl (C=O) groups is 1. The molecule has 3 N–H and O–H groups in total. The van der Waals surface area contributed by atoms with Crippen LogP contribution >= 0.6 is 22.7 Å². The van der Waals surface area contributed by atoms with Crippen molar-refractivity contribution in [2.75, 3.05) is 4.72 Å². The van der Waals surface area contributed by atoms with Crippen molar-refractivity contribution in [3.05, 3.63) is 62.0 Å². The Hall–Kier alpha value is -2.34. The van der Waals surface area contributed by atoms with E-state index in [9.17, 15) is 13.2 Å². The van der Waals surface area contributed by atoms with Crippen LogP contribution in [0.3, 0.4) is 0 Å². The Morgan fingerprint density at radius 1 is 1.06 bits per heavy atom. The Bertz CT molecular complexity index is 1140. The van der Waals surface area contributed by atoms with Crippen LogP contribution in [-0.2, 0) is 40.8 Å². The maximum Gasteiger partial charge on any atom is 0.357 e. The zero-order valence-corrected chi connectivity index (χ0v) is 20.3. The second-order valence-corrected chi connectivity index (χ2v) is 10.2. The lowest BCUT2D eigenvalue weighted by Crippen LogP contribution is -2.30. The molecule has 0 aliphatic heterocycles. The quantitative estimate of drug-likeness (QED) is 0.347. The molecule has 0 unspecified atom stereocenters. The van der Waals surface area contributed by atoms with Crippen LogP contribution < -0.4 is 10.0 Å². The van der Waals surface area contributed by atoms with Crippen molar-refractivity contribution in [2.24, 2.45) is 0 Å². The van der Waals surface area contributed by atoms with Gasteiger partial charge in [0.1, 0.15) is 5.01 Å². The molecule has 0 radical (unpaired) electrons. The van der Waals surface area contributed by atoms with Gasteiger partial charge in [0, 0.05) is 23.6 Å². The number of amides is 1. The van der Waals surface area contributed by atoms with E-state index in [0.717, 1.165) is 39.8 Å². The highest BCUT2D eigenvalue weighted by Crippen LogP contribution is 2.24. The first-order chi connectivity index (χ1) is 15.3. The zero-order chi connectivity index (χ0) is 23.1. The number of hydrogen-bond donors (Lipinski definition) is 3. The van der Waals surface area contributed by atoms with Crippen LogP contribution in [0.5, 0.6) is 0 Å². The minimum Gasteiger partial charge on any atom is -0.347 e. The van der Waals surface area contributed by atoms with Gasteiger partial charge >= 0.3 is 10.3 Å². The number of hydrogen-bond acceptors (Lipinski definition) is 7. The van der Waals surface area contributed by atoms with Gasteiger partial charge in [-0.3, -0.25) is 14.1 Å². The summed E-state index contributed by atoms with van der Waals surface area (Å²) < 4.78 is 32.9. The number of nitrogens with zero attached hydrogens (tertiary/aromatic N) is 2. The fraction of sp³-hybridized carbons (Fsp3) is 0.381. The van der Waals surface area contributed by atoms with Gasteiger partial charge in [-0.25, -0.2) is 9.97 Å². The van der Waals surface area contributed by atoms with Crippen LogP contribution in [0, 0.1) is 0 Å². The molecule has 172 valence electrons. The molecule has 0 aliphatic rings. The van der Waals surface area contributed by atoms with E-state index < -0.39 is 10.3 Å². The van der Waals surface area contributed by atoms with E-state index in [1.54, 1.807) is 35.6 Å². The summed E-state index contributed by atoms with van der Waals surface area (Å²) >= 11 is 3.09. The minimum absolute atomic E-state index is 0.0684. The Morgan fingerprint density at radius 2 is 1.72 bits per heavy atom. The predicted molar refractivity (Wildman–Crippen MR) is 128 cm³/mol. The smallest absolute Gasteiger partial charge is 0.347 e. The molecule has 3 aromatic rings. The number of carbonyl (C=O) groups excluding carboxylic acids is 1. The highest BCUT2D eigenvalue weighted by molar-refractivity contribution is 7.87. The summed E-state index contributed by atoms with van der Waals surface area (Å²) in [7, 11) is -4.32. The SMILES string of the molecule is CCc1csc(CCC(=O)N[C@@H](Cc2ccc(NS(=O)(=O)O)cc2)c2nc(CC)cs2)n1. The molecule has 32 heavy (non-hydrogen) atoms. The van der Waals surface area contributed by atoms with Crippen LogP contribution in [0.2, 0.25) is 0 Å². The Morgan fingerprint density at radius 3 is 2.31 bits per heavy atom. The molecule has 1 atom stereocenters. The van der Waals surface area contributed by atoms with E-state index in [4.69, 9.17) is 4.55 Å². The summed E-state index contributed by atoms with van der Waals surface area (Å²) in [5.41, 5.74) is 3.18. The summed E-state index contributed by atoms with van der Waals surface area (Å²) in [5.74, 6) is -0.0684. The van der Waals surface area contributed by atoms with Crippen molar-refractivity contribution in [1.29, 1.82) is 0 Å². The lowest BCUT2D eigenvalue weighted by molar-refractivity contribution is -0.121. The van der Waals surface area contributed by atoms with Gasteiger partial charge in [0.05, 0.1) is 28.1 Å². The lowest BCUT2D eigenvalue weighted by atomic mass is 10.1.